The van der Waals surface area contributed by atoms with Crippen LogP contribution in [0.3, 0.4) is 0 Å². The predicted octanol–water partition coefficient (Wildman–Crippen LogP) is 2.82. The summed E-state index contributed by atoms with van der Waals surface area (Å²) in [7, 11) is 0. The molecule has 0 bridgehead atoms. The average molecular weight is 388 g/mol. The van der Waals surface area contributed by atoms with Gasteiger partial charge in [-0.15, -0.1) is 0 Å². The molecule has 29 heavy (non-hydrogen) atoms. The van der Waals surface area contributed by atoms with Crippen LogP contribution >= 0.6 is 0 Å². The summed E-state index contributed by atoms with van der Waals surface area (Å²) in [5, 5.41) is 3.37. The Labute approximate surface area is 170 Å². The minimum absolute atomic E-state index is 0.112. The molecule has 0 saturated carbocycles. The summed E-state index contributed by atoms with van der Waals surface area (Å²) in [5.74, 6) is 1.55. The summed E-state index contributed by atoms with van der Waals surface area (Å²) >= 11 is 0. The lowest BCUT2D eigenvalue weighted by atomic mass is 10.1. The maximum absolute atomic E-state index is 11.6. The molecule has 1 saturated heterocycles. The van der Waals surface area contributed by atoms with Crippen molar-refractivity contribution in [2.75, 3.05) is 36.4 Å². The van der Waals surface area contributed by atoms with Crippen LogP contribution < -0.4 is 10.2 Å². The average Bonchev–Trinajstić information content (AvgIpc) is 2.79. The molecule has 0 unspecified atom stereocenters. The van der Waals surface area contributed by atoms with Gasteiger partial charge < -0.3 is 15.1 Å². The molecule has 4 rings (SSSR count). The first-order valence-electron chi connectivity index (χ1n) is 9.78. The van der Waals surface area contributed by atoms with Crippen molar-refractivity contribution in [1.82, 2.24) is 19.9 Å². The van der Waals surface area contributed by atoms with Gasteiger partial charge in [-0.1, -0.05) is 36.4 Å². The van der Waals surface area contributed by atoms with Crippen LogP contribution in [0.4, 0.5) is 11.8 Å². The zero-order chi connectivity index (χ0) is 20.1. The second-order valence-electron chi connectivity index (χ2n) is 6.97. The Morgan fingerprint density at radius 1 is 1.00 bits per heavy atom. The number of carbonyl (C=O) groups excluding carboxylic acids is 1. The van der Waals surface area contributed by atoms with Crippen LogP contribution in [0.25, 0.3) is 11.3 Å². The maximum atomic E-state index is 11.6. The van der Waals surface area contributed by atoms with Crippen LogP contribution in [0, 0.1) is 0 Å². The number of anilines is 2. The lowest BCUT2D eigenvalue weighted by Gasteiger charge is -2.34. The number of nitrogens with one attached hydrogen (secondary N) is 1. The molecule has 1 N–H and O–H groups in total. The first kappa shape index (κ1) is 18.9. The monoisotopic (exact) mass is 388 g/mol. The van der Waals surface area contributed by atoms with Crippen molar-refractivity contribution in [3.05, 3.63) is 66.5 Å². The molecule has 3 aromatic rings. The van der Waals surface area contributed by atoms with Gasteiger partial charge in [-0.2, -0.15) is 4.98 Å². The molecular formula is C22H24N6O. The number of hydrogen-bond donors (Lipinski definition) is 1. The van der Waals surface area contributed by atoms with E-state index < -0.39 is 0 Å². The number of amides is 1. The van der Waals surface area contributed by atoms with Crippen LogP contribution in [0.1, 0.15) is 12.6 Å². The number of benzene rings is 1. The van der Waals surface area contributed by atoms with E-state index in [4.69, 9.17) is 9.97 Å². The van der Waals surface area contributed by atoms with E-state index >= 15 is 0 Å². The van der Waals surface area contributed by atoms with Crippen molar-refractivity contribution in [2.24, 2.45) is 0 Å². The fourth-order valence-corrected chi connectivity index (χ4v) is 3.33. The van der Waals surface area contributed by atoms with E-state index in [1.54, 1.807) is 13.1 Å². The summed E-state index contributed by atoms with van der Waals surface area (Å²) in [6.07, 6.45) is 1.78. The molecule has 1 aliphatic heterocycles. The van der Waals surface area contributed by atoms with E-state index in [2.05, 4.69) is 15.2 Å². The second kappa shape index (κ2) is 8.68. The summed E-state index contributed by atoms with van der Waals surface area (Å²) in [6.45, 7) is 5.01. The molecule has 0 atom stereocenters. The molecule has 2 aromatic heterocycles. The van der Waals surface area contributed by atoms with Gasteiger partial charge in [0.15, 0.2) is 0 Å². The summed E-state index contributed by atoms with van der Waals surface area (Å²) in [6, 6.07) is 17.9. The highest BCUT2D eigenvalue weighted by Gasteiger charge is 2.21. The number of rotatable bonds is 5. The van der Waals surface area contributed by atoms with E-state index in [9.17, 15) is 4.79 Å². The second-order valence-corrected chi connectivity index (χ2v) is 6.97. The van der Waals surface area contributed by atoms with E-state index in [1.807, 2.05) is 59.5 Å². The highest BCUT2D eigenvalue weighted by Crippen LogP contribution is 2.24. The Morgan fingerprint density at radius 3 is 2.45 bits per heavy atom. The van der Waals surface area contributed by atoms with Crippen LogP contribution in [-0.4, -0.2) is 51.9 Å². The highest BCUT2D eigenvalue weighted by atomic mass is 16.2. The van der Waals surface area contributed by atoms with Crippen LogP contribution in [-0.2, 0) is 11.3 Å². The van der Waals surface area contributed by atoms with Crippen LogP contribution in [0.15, 0.2) is 60.8 Å². The third-order valence-corrected chi connectivity index (χ3v) is 4.97. The molecule has 1 fully saturated rings. The zero-order valence-corrected chi connectivity index (χ0v) is 16.5. The number of piperazine rings is 1. The van der Waals surface area contributed by atoms with Crippen molar-refractivity contribution in [3.63, 3.8) is 0 Å². The van der Waals surface area contributed by atoms with Crippen molar-refractivity contribution in [1.29, 1.82) is 0 Å². The molecule has 1 amide bonds. The van der Waals surface area contributed by atoms with Gasteiger partial charge in [-0.25, -0.2) is 4.98 Å². The summed E-state index contributed by atoms with van der Waals surface area (Å²) in [5.41, 5.74) is 2.86. The Balaban J connectivity index is 1.59. The lowest BCUT2D eigenvalue weighted by molar-refractivity contribution is -0.129. The van der Waals surface area contributed by atoms with E-state index in [1.165, 1.54) is 0 Å². The third kappa shape index (κ3) is 4.68. The normalized spacial score (nSPS) is 14.0. The Bertz CT molecular complexity index is 956. The molecule has 1 aromatic carbocycles. The standard InChI is InChI=1S/C22H24N6O/c1-17(29)27-11-13-28(14-12-27)22-25-20(18-7-3-2-4-8-18)15-21(26-22)24-16-19-9-5-6-10-23-19/h2-10,15H,11-14,16H2,1H3,(H,24,25,26). The first-order chi connectivity index (χ1) is 14.2. The van der Waals surface area contributed by atoms with Gasteiger partial charge in [0, 0.05) is 50.9 Å². The number of carbonyl (C=O) groups is 1. The molecule has 3 heterocycles. The van der Waals surface area contributed by atoms with Crippen molar-refractivity contribution >= 4 is 17.7 Å². The molecule has 1 aliphatic rings. The molecule has 7 heteroatoms. The third-order valence-electron chi connectivity index (χ3n) is 4.97. The molecule has 0 radical (unpaired) electrons. The minimum atomic E-state index is 0.112. The van der Waals surface area contributed by atoms with E-state index in [-0.39, 0.29) is 5.91 Å². The van der Waals surface area contributed by atoms with Gasteiger partial charge >= 0.3 is 0 Å². The van der Waals surface area contributed by atoms with Gasteiger partial charge in [0.2, 0.25) is 11.9 Å². The Kier molecular flexibility index (Phi) is 5.65. The molecule has 0 aliphatic carbocycles. The quantitative estimate of drug-likeness (QED) is 0.725. The van der Waals surface area contributed by atoms with E-state index in [0.717, 1.165) is 35.9 Å². The SMILES string of the molecule is CC(=O)N1CCN(c2nc(NCc3ccccn3)cc(-c3ccccc3)n2)CC1. The molecule has 0 spiro atoms. The number of nitrogens with zero attached hydrogens (tertiary/aromatic N) is 5. The van der Waals surface area contributed by atoms with Crippen molar-refractivity contribution < 1.29 is 4.79 Å². The highest BCUT2D eigenvalue weighted by molar-refractivity contribution is 5.73. The van der Waals surface area contributed by atoms with Crippen molar-refractivity contribution in [3.8, 4) is 11.3 Å². The Morgan fingerprint density at radius 2 is 1.76 bits per heavy atom. The first-order valence-corrected chi connectivity index (χ1v) is 9.78. The summed E-state index contributed by atoms with van der Waals surface area (Å²) in [4.78, 5) is 29.5. The van der Waals surface area contributed by atoms with E-state index in [0.29, 0.717) is 25.6 Å². The lowest BCUT2D eigenvalue weighted by Crippen LogP contribution is -2.48. The molecule has 7 nitrogen and oxygen atoms in total. The van der Waals surface area contributed by atoms with Gasteiger partial charge in [0.05, 0.1) is 17.9 Å². The Hall–Kier alpha value is -3.48. The predicted molar refractivity (Wildman–Crippen MR) is 113 cm³/mol. The number of aromatic nitrogens is 3. The maximum Gasteiger partial charge on any atom is 0.227 e. The van der Waals surface area contributed by atoms with Crippen LogP contribution in [0.2, 0.25) is 0 Å². The topological polar surface area (TPSA) is 74.2 Å². The number of hydrogen-bond acceptors (Lipinski definition) is 6. The molecule has 148 valence electrons. The van der Waals surface area contributed by atoms with Gasteiger partial charge in [0.1, 0.15) is 5.82 Å². The van der Waals surface area contributed by atoms with Crippen molar-refractivity contribution in [2.45, 2.75) is 13.5 Å². The van der Waals surface area contributed by atoms with Crippen LogP contribution in [0.5, 0.6) is 0 Å². The van der Waals surface area contributed by atoms with Gasteiger partial charge in [-0.3, -0.25) is 9.78 Å². The van der Waals surface area contributed by atoms with Gasteiger partial charge in [-0.05, 0) is 12.1 Å². The molecular weight excluding hydrogens is 364 g/mol. The van der Waals surface area contributed by atoms with Gasteiger partial charge in [0.25, 0.3) is 0 Å². The fraction of sp³-hybridized carbons (Fsp3) is 0.273. The summed E-state index contributed by atoms with van der Waals surface area (Å²) < 4.78 is 0. The zero-order valence-electron chi connectivity index (χ0n) is 16.5. The largest absolute Gasteiger partial charge is 0.364 e. The smallest absolute Gasteiger partial charge is 0.227 e. The minimum Gasteiger partial charge on any atom is -0.364 e. The number of pyridine rings is 1. The fourth-order valence-electron chi connectivity index (χ4n) is 3.33.